The van der Waals surface area contributed by atoms with Crippen LogP contribution in [0.25, 0.3) is 5.76 Å². The summed E-state index contributed by atoms with van der Waals surface area (Å²) in [5, 5.41) is 42.7. The van der Waals surface area contributed by atoms with E-state index in [1.165, 1.54) is 30.3 Å². The van der Waals surface area contributed by atoms with Gasteiger partial charge in [0.05, 0.1) is 0 Å². The fourth-order valence-corrected chi connectivity index (χ4v) is 4.36. The van der Waals surface area contributed by atoms with Gasteiger partial charge in [-0.25, -0.2) is 9.78 Å². The third-order valence-electron chi connectivity index (χ3n) is 6.87. The van der Waals surface area contributed by atoms with Crippen molar-refractivity contribution >= 4 is 23.2 Å². The van der Waals surface area contributed by atoms with Crippen LogP contribution < -0.4 is 5.32 Å². The van der Waals surface area contributed by atoms with Gasteiger partial charge in [0, 0.05) is 46.7 Å². The number of hydrogen-bond donors (Lipinski definition) is 5. The van der Waals surface area contributed by atoms with Crippen LogP contribution in [0.5, 0.6) is 23.0 Å². The smallest absolute Gasteiger partial charge is 0.251 e. The molecule has 11 nitrogen and oxygen atoms in total. The summed E-state index contributed by atoms with van der Waals surface area (Å²) in [6.45, 7) is 3.57. The Bertz CT molecular complexity index is 1500. The lowest BCUT2D eigenvalue weighted by Crippen LogP contribution is -2.38. The van der Waals surface area contributed by atoms with Gasteiger partial charge in [-0.3, -0.25) is 14.4 Å². The number of para-hydroxylation sites is 1. The molecule has 11 heteroatoms. The van der Waals surface area contributed by atoms with E-state index < -0.39 is 23.4 Å². The normalized spacial score (nSPS) is 14.9. The van der Waals surface area contributed by atoms with E-state index in [0.29, 0.717) is 35.1 Å². The molecule has 0 radical (unpaired) electrons. The highest BCUT2D eigenvalue weighted by Gasteiger charge is 2.29. The lowest BCUT2D eigenvalue weighted by Gasteiger charge is -2.19. The maximum Gasteiger partial charge on any atom is 0.251 e. The molecule has 1 unspecified atom stereocenters. The molecule has 0 heterocycles. The van der Waals surface area contributed by atoms with Gasteiger partial charge in [-0.1, -0.05) is 24.8 Å². The predicted octanol–water partition coefficient (Wildman–Crippen LogP) is 4.01. The molecule has 5 N–H and O–H groups in total. The second-order valence-corrected chi connectivity index (χ2v) is 9.79. The largest absolute Gasteiger partial charge is 0.508 e. The zero-order chi connectivity index (χ0) is 30.2. The summed E-state index contributed by atoms with van der Waals surface area (Å²) in [4.78, 5) is 46.4. The Morgan fingerprint density at radius 3 is 2.33 bits per heavy atom. The summed E-state index contributed by atoms with van der Waals surface area (Å²) in [6.07, 6.45) is 1.41. The van der Waals surface area contributed by atoms with Crippen LogP contribution in [0.2, 0.25) is 0 Å². The van der Waals surface area contributed by atoms with Crippen molar-refractivity contribution in [1.82, 2.24) is 5.32 Å². The molecule has 1 saturated carbocycles. The second kappa shape index (κ2) is 13.7. The van der Waals surface area contributed by atoms with Gasteiger partial charge in [0.2, 0.25) is 5.78 Å². The van der Waals surface area contributed by atoms with Gasteiger partial charge < -0.3 is 30.5 Å². The van der Waals surface area contributed by atoms with Gasteiger partial charge in [0.15, 0.2) is 17.3 Å². The van der Waals surface area contributed by atoms with Crippen LogP contribution in [0, 0.1) is 5.92 Å². The minimum absolute atomic E-state index is 0.0416. The van der Waals surface area contributed by atoms with E-state index in [-0.39, 0.29) is 67.1 Å². The van der Waals surface area contributed by atoms with Crippen molar-refractivity contribution in [2.45, 2.75) is 39.1 Å². The molecular formula is C31H31NO10. The van der Waals surface area contributed by atoms with Crippen LogP contribution >= 0.6 is 0 Å². The van der Waals surface area contributed by atoms with E-state index in [1.807, 2.05) is 0 Å². The van der Waals surface area contributed by atoms with Crippen molar-refractivity contribution in [2.75, 3.05) is 6.54 Å². The number of amides is 1. The highest BCUT2D eigenvalue weighted by atomic mass is 17.2. The maximum absolute atomic E-state index is 12.5. The quantitative estimate of drug-likeness (QED) is 0.0529. The molecule has 42 heavy (non-hydrogen) atoms. The van der Waals surface area contributed by atoms with Crippen molar-refractivity contribution < 1.29 is 49.3 Å². The van der Waals surface area contributed by atoms with Crippen molar-refractivity contribution in [2.24, 2.45) is 5.92 Å². The van der Waals surface area contributed by atoms with Crippen LogP contribution in [0.1, 0.15) is 51.9 Å². The number of nitrogens with one attached hydrogen (secondary N) is 1. The molecule has 0 aliphatic heterocycles. The van der Waals surface area contributed by atoms with E-state index >= 15 is 0 Å². The Labute approximate surface area is 241 Å². The lowest BCUT2D eigenvalue weighted by molar-refractivity contribution is -0.313. The maximum atomic E-state index is 12.5. The molecule has 1 atom stereocenters. The minimum atomic E-state index is -0.529. The number of rotatable bonds is 12. The Kier molecular flexibility index (Phi) is 9.79. The second-order valence-electron chi connectivity index (χ2n) is 9.79. The Morgan fingerprint density at radius 2 is 1.57 bits per heavy atom. The monoisotopic (exact) mass is 577 g/mol. The standard InChI is InChI=1S/C31H31NO10/c1-18(40-15-23-5-3-7-27(35)30(23)38)19-10-11-25(33)24(12-19)17-42-41-16-22-9-8-20(13-28(22)36)31(39)32-14-21-4-2-6-26(34)29(21)37/h3,5,7-13,21,33,35-36,38H,1-2,4,6,14-17H2,(H,32,39). The molecule has 4 rings (SSSR count). The average molecular weight is 578 g/mol. The third-order valence-corrected chi connectivity index (χ3v) is 6.87. The number of carbonyl (C=O) groups is 3. The van der Waals surface area contributed by atoms with Crippen LogP contribution in [0.4, 0.5) is 0 Å². The van der Waals surface area contributed by atoms with Crippen molar-refractivity contribution in [3.8, 4) is 23.0 Å². The summed E-state index contributed by atoms with van der Waals surface area (Å²) < 4.78 is 5.62. The summed E-state index contributed by atoms with van der Waals surface area (Å²) >= 11 is 0. The zero-order valence-electron chi connectivity index (χ0n) is 22.7. The number of phenols is 4. The van der Waals surface area contributed by atoms with E-state index in [1.54, 1.807) is 24.3 Å². The summed E-state index contributed by atoms with van der Waals surface area (Å²) in [7, 11) is 0. The Morgan fingerprint density at radius 1 is 0.833 bits per heavy atom. The number of carbonyl (C=O) groups excluding carboxylic acids is 3. The van der Waals surface area contributed by atoms with Crippen molar-refractivity contribution in [3.05, 3.63) is 89.0 Å². The SMILES string of the molecule is C=C(OCc1cccc(O)c1O)c1ccc(O)c(COOCc2ccc(C(=O)NCC3CCCC(=O)C3=O)cc2O)c1. The first-order valence-electron chi connectivity index (χ1n) is 13.2. The number of aromatic hydroxyl groups is 4. The first-order chi connectivity index (χ1) is 20.1. The highest BCUT2D eigenvalue weighted by Crippen LogP contribution is 2.30. The third kappa shape index (κ3) is 7.45. The van der Waals surface area contributed by atoms with Gasteiger partial charge in [-0.05, 0) is 49.2 Å². The molecule has 1 aliphatic rings. The van der Waals surface area contributed by atoms with E-state index in [0.717, 1.165) is 0 Å². The molecule has 0 aromatic heterocycles. The predicted molar refractivity (Wildman–Crippen MR) is 149 cm³/mol. The Balaban J connectivity index is 1.25. The van der Waals surface area contributed by atoms with Crippen LogP contribution in [0.15, 0.2) is 61.2 Å². The highest BCUT2D eigenvalue weighted by molar-refractivity contribution is 6.38. The number of ether oxygens (including phenoxy) is 1. The molecule has 3 aromatic carbocycles. The average Bonchev–Trinajstić information content (AvgIpc) is 2.98. The molecular weight excluding hydrogens is 546 g/mol. The van der Waals surface area contributed by atoms with Gasteiger partial charge in [0.1, 0.15) is 37.1 Å². The molecule has 220 valence electrons. The van der Waals surface area contributed by atoms with E-state index in [4.69, 9.17) is 14.5 Å². The molecule has 1 amide bonds. The lowest BCUT2D eigenvalue weighted by atomic mass is 9.87. The molecule has 0 saturated heterocycles. The number of ketones is 2. The minimum Gasteiger partial charge on any atom is -0.508 e. The fourth-order valence-electron chi connectivity index (χ4n) is 4.36. The summed E-state index contributed by atoms with van der Waals surface area (Å²) in [5.74, 6) is -2.42. The summed E-state index contributed by atoms with van der Waals surface area (Å²) in [5.41, 5.74) is 1.80. The van der Waals surface area contributed by atoms with Gasteiger partial charge in [0.25, 0.3) is 5.91 Å². The number of hydrogen-bond acceptors (Lipinski definition) is 10. The van der Waals surface area contributed by atoms with Gasteiger partial charge in [-0.2, -0.15) is 0 Å². The molecule has 0 bridgehead atoms. The number of Topliss-reactive ketones (excluding diaryl/α,β-unsaturated/α-hetero) is 2. The zero-order valence-corrected chi connectivity index (χ0v) is 22.7. The van der Waals surface area contributed by atoms with Crippen molar-refractivity contribution in [1.29, 1.82) is 0 Å². The number of benzene rings is 3. The van der Waals surface area contributed by atoms with Crippen LogP contribution in [-0.4, -0.2) is 44.4 Å². The first-order valence-corrected chi connectivity index (χ1v) is 13.2. The molecule has 0 spiro atoms. The van der Waals surface area contributed by atoms with Crippen LogP contribution in [-0.2, 0) is 43.9 Å². The molecule has 1 aliphatic carbocycles. The fraction of sp³-hybridized carbons (Fsp3) is 0.258. The van der Waals surface area contributed by atoms with E-state index in [9.17, 15) is 34.8 Å². The van der Waals surface area contributed by atoms with E-state index in [2.05, 4.69) is 11.9 Å². The van der Waals surface area contributed by atoms with Gasteiger partial charge >= 0.3 is 0 Å². The molecule has 3 aromatic rings. The van der Waals surface area contributed by atoms with Crippen molar-refractivity contribution in [3.63, 3.8) is 0 Å². The first kappa shape index (κ1) is 30.1. The Hall–Kier alpha value is -4.87. The van der Waals surface area contributed by atoms with Gasteiger partial charge in [-0.15, -0.1) is 0 Å². The summed E-state index contributed by atoms with van der Waals surface area (Å²) in [6, 6.07) is 13.4. The molecule has 1 fully saturated rings. The van der Waals surface area contributed by atoms with Crippen LogP contribution in [0.3, 0.4) is 0 Å². The number of phenolic OH excluding ortho intramolecular Hbond substituents is 4. The topological polar surface area (TPSA) is 172 Å².